The van der Waals surface area contributed by atoms with E-state index in [9.17, 15) is 13.2 Å². The molecule has 1 amide bonds. The number of anilines is 1. The number of carbonyl (C=O) groups excluding carboxylic acids is 1. The maximum Gasteiger partial charge on any atom is 0.260 e. The summed E-state index contributed by atoms with van der Waals surface area (Å²) in [6.07, 6.45) is 2.70. The number of fused-ring (bicyclic) bond motifs is 1. The van der Waals surface area contributed by atoms with Crippen molar-refractivity contribution in [1.29, 1.82) is 0 Å². The number of amides is 1. The van der Waals surface area contributed by atoms with E-state index in [-0.39, 0.29) is 17.3 Å². The van der Waals surface area contributed by atoms with Gasteiger partial charge in [0, 0.05) is 11.8 Å². The highest BCUT2D eigenvalue weighted by molar-refractivity contribution is 7.90. The summed E-state index contributed by atoms with van der Waals surface area (Å²) in [7, 11) is -1.78. The minimum absolute atomic E-state index is 0.191. The molecule has 0 saturated heterocycles. The maximum absolute atomic E-state index is 13.3. The van der Waals surface area contributed by atoms with E-state index in [1.54, 1.807) is 61.9 Å². The highest BCUT2D eigenvalue weighted by Crippen LogP contribution is 2.32. The van der Waals surface area contributed by atoms with Gasteiger partial charge in [0.15, 0.2) is 15.0 Å². The second-order valence-electron chi connectivity index (χ2n) is 6.60. The summed E-state index contributed by atoms with van der Waals surface area (Å²) < 4.78 is 35.0. The molecule has 0 aliphatic heterocycles. The number of nitrogens with zero attached hydrogens (tertiary/aromatic N) is 2. The lowest BCUT2D eigenvalue weighted by Crippen LogP contribution is -2.30. The molecule has 0 fully saturated rings. The number of sulfone groups is 1. The molecule has 4 aromatic rings. The van der Waals surface area contributed by atoms with E-state index < -0.39 is 9.84 Å². The predicted octanol–water partition coefficient (Wildman–Crippen LogP) is 4.15. The van der Waals surface area contributed by atoms with Crippen molar-refractivity contribution in [2.24, 2.45) is 0 Å². The molecule has 0 bridgehead atoms. The van der Waals surface area contributed by atoms with Crippen LogP contribution in [0, 0.1) is 0 Å². The van der Waals surface area contributed by atoms with E-state index in [0.717, 1.165) is 6.26 Å². The molecule has 2 aromatic heterocycles. The summed E-state index contributed by atoms with van der Waals surface area (Å²) in [4.78, 5) is 19.6. The van der Waals surface area contributed by atoms with Gasteiger partial charge < -0.3 is 9.15 Å². The molecule has 0 saturated carbocycles. The molecule has 154 valence electrons. The van der Waals surface area contributed by atoms with E-state index in [1.165, 1.54) is 22.3 Å². The van der Waals surface area contributed by atoms with Crippen LogP contribution in [-0.2, 0) is 16.4 Å². The third kappa shape index (κ3) is 4.07. The van der Waals surface area contributed by atoms with Gasteiger partial charge in [-0.2, -0.15) is 0 Å². The van der Waals surface area contributed by atoms with Gasteiger partial charge in [-0.25, -0.2) is 13.4 Å². The monoisotopic (exact) mass is 442 g/mol. The molecule has 0 unspecified atom stereocenters. The predicted molar refractivity (Wildman–Crippen MR) is 115 cm³/mol. The number of thiazole rings is 1. The topological polar surface area (TPSA) is 89.7 Å². The molecule has 0 radical (unpaired) electrons. The second-order valence-corrected chi connectivity index (χ2v) is 9.62. The first-order valence-corrected chi connectivity index (χ1v) is 11.6. The number of furan rings is 1. The van der Waals surface area contributed by atoms with Crippen molar-refractivity contribution in [2.75, 3.05) is 18.3 Å². The summed E-state index contributed by atoms with van der Waals surface area (Å²) in [5.41, 5.74) is 1.09. The molecule has 0 atom stereocenters. The van der Waals surface area contributed by atoms with Crippen LogP contribution in [0.1, 0.15) is 16.1 Å². The Kier molecular flexibility index (Phi) is 5.31. The van der Waals surface area contributed by atoms with Gasteiger partial charge in [-0.3, -0.25) is 9.69 Å². The van der Waals surface area contributed by atoms with Crippen molar-refractivity contribution in [3.63, 3.8) is 0 Å². The summed E-state index contributed by atoms with van der Waals surface area (Å²) in [6.45, 7) is 0.191. The molecular weight excluding hydrogens is 424 g/mol. The molecule has 9 heteroatoms. The van der Waals surface area contributed by atoms with Crippen LogP contribution in [0.25, 0.3) is 10.2 Å². The van der Waals surface area contributed by atoms with Crippen molar-refractivity contribution >= 4 is 42.4 Å². The van der Waals surface area contributed by atoms with Gasteiger partial charge in [-0.15, -0.1) is 0 Å². The minimum Gasteiger partial charge on any atom is -0.497 e. The summed E-state index contributed by atoms with van der Waals surface area (Å²) >= 11 is 1.25. The maximum atomic E-state index is 13.3. The summed E-state index contributed by atoms with van der Waals surface area (Å²) in [6, 6.07) is 15.1. The lowest BCUT2D eigenvalue weighted by molar-refractivity contribution is 0.0983. The number of aromatic nitrogens is 1. The van der Waals surface area contributed by atoms with Gasteiger partial charge in [0.1, 0.15) is 11.5 Å². The van der Waals surface area contributed by atoms with Crippen LogP contribution in [0.4, 0.5) is 5.13 Å². The minimum atomic E-state index is -3.34. The molecule has 30 heavy (non-hydrogen) atoms. The van der Waals surface area contributed by atoms with E-state index in [1.807, 2.05) is 0 Å². The first-order valence-electron chi connectivity index (χ1n) is 8.94. The SMILES string of the molecule is COc1ccc(C(=O)N(Cc2ccco2)c2nc3ccc(S(C)(=O)=O)cc3s2)cc1. The van der Waals surface area contributed by atoms with Crippen LogP contribution in [-0.4, -0.2) is 32.7 Å². The number of hydrogen-bond donors (Lipinski definition) is 0. The van der Waals surface area contributed by atoms with Gasteiger partial charge in [-0.05, 0) is 54.6 Å². The number of benzene rings is 2. The van der Waals surface area contributed by atoms with Gasteiger partial charge in [0.05, 0.1) is 35.0 Å². The zero-order valence-corrected chi connectivity index (χ0v) is 17.9. The Morgan fingerprint density at radius 1 is 1.17 bits per heavy atom. The third-order valence-corrected chi connectivity index (χ3v) is 6.64. The Morgan fingerprint density at radius 2 is 1.93 bits per heavy atom. The van der Waals surface area contributed by atoms with Gasteiger partial charge in [0.25, 0.3) is 5.91 Å². The number of methoxy groups -OCH3 is 1. The lowest BCUT2D eigenvalue weighted by Gasteiger charge is -2.19. The molecule has 7 nitrogen and oxygen atoms in total. The highest BCUT2D eigenvalue weighted by Gasteiger charge is 2.23. The standard InChI is InChI=1S/C21H18N2O5S2/c1-27-15-7-5-14(6-8-15)20(24)23(13-16-4-3-11-28-16)21-22-18-10-9-17(30(2,25)26)12-19(18)29-21/h3-12H,13H2,1-2H3. The van der Waals surface area contributed by atoms with E-state index in [4.69, 9.17) is 9.15 Å². The van der Waals surface area contributed by atoms with Gasteiger partial charge in [-0.1, -0.05) is 11.3 Å². The van der Waals surface area contributed by atoms with Crippen molar-refractivity contribution in [3.05, 3.63) is 72.2 Å². The van der Waals surface area contributed by atoms with Crippen LogP contribution in [0.3, 0.4) is 0 Å². The van der Waals surface area contributed by atoms with Crippen molar-refractivity contribution < 1.29 is 22.4 Å². The van der Waals surface area contributed by atoms with Gasteiger partial charge >= 0.3 is 0 Å². The molecule has 2 aromatic carbocycles. The largest absolute Gasteiger partial charge is 0.497 e. The number of hydrogen-bond acceptors (Lipinski definition) is 7. The zero-order chi connectivity index (χ0) is 21.3. The van der Waals surface area contributed by atoms with Crippen molar-refractivity contribution in [1.82, 2.24) is 4.98 Å². The molecule has 0 N–H and O–H groups in total. The third-order valence-electron chi connectivity index (χ3n) is 4.48. The van der Waals surface area contributed by atoms with Gasteiger partial charge in [0.2, 0.25) is 0 Å². The summed E-state index contributed by atoms with van der Waals surface area (Å²) in [5.74, 6) is 1.00. The van der Waals surface area contributed by atoms with Crippen LogP contribution in [0.2, 0.25) is 0 Å². The normalized spacial score (nSPS) is 11.5. The van der Waals surface area contributed by atoms with Crippen LogP contribution in [0.15, 0.2) is 70.2 Å². The Hall–Kier alpha value is -3.17. The number of carbonyl (C=O) groups is 1. The first kappa shape index (κ1) is 20.1. The molecule has 0 aliphatic carbocycles. The summed E-state index contributed by atoms with van der Waals surface area (Å²) in [5, 5.41) is 0.452. The Bertz CT molecular complexity index is 1290. The number of ether oxygens (including phenoxy) is 1. The quantitative estimate of drug-likeness (QED) is 0.446. The smallest absolute Gasteiger partial charge is 0.260 e. The van der Waals surface area contributed by atoms with Crippen LogP contribution in [0.5, 0.6) is 5.75 Å². The molecular formula is C21H18N2O5S2. The fourth-order valence-corrected chi connectivity index (χ4v) is 4.64. The molecule has 0 spiro atoms. The molecule has 0 aliphatic rings. The molecule has 4 rings (SSSR count). The lowest BCUT2D eigenvalue weighted by atomic mass is 10.2. The fourth-order valence-electron chi connectivity index (χ4n) is 2.91. The average molecular weight is 443 g/mol. The van der Waals surface area contributed by atoms with Crippen LogP contribution >= 0.6 is 11.3 Å². The van der Waals surface area contributed by atoms with Crippen molar-refractivity contribution in [2.45, 2.75) is 11.4 Å². The van der Waals surface area contributed by atoms with E-state index in [0.29, 0.717) is 32.4 Å². The average Bonchev–Trinajstić information content (AvgIpc) is 3.39. The zero-order valence-electron chi connectivity index (χ0n) is 16.2. The highest BCUT2D eigenvalue weighted by atomic mass is 32.2. The Labute approximate surface area is 177 Å². The first-order chi connectivity index (χ1) is 14.3. The van der Waals surface area contributed by atoms with E-state index >= 15 is 0 Å². The van der Waals surface area contributed by atoms with Crippen molar-refractivity contribution in [3.8, 4) is 5.75 Å². The number of rotatable bonds is 6. The Morgan fingerprint density at radius 3 is 2.57 bits per heavy atom. The Balaban J connectivity index is 1.76. The van der Waals surface area contributed by atoms with Crippen LogP contribution < -0.4 is 9.64 Å². The molecule has 2 heterocycles. The second kappa shape index (κ2) is 7.92. The fraction of sp³-hybridized carbons (Fsp3) is 0.143. The van der Waals surface area contributed by atoms with E-state index in [2.05, 4.69) is 4.98 Å².